The summed E-state index contributed by atoms with van der Waals surface area (Å²) in [6.45, 7) is 5.25. The van der Waals surface area contributed by atoms with Crippen LogP contribution < -0.4 is 5.32 Å². The van der Waals surface area contributed by atoms with Crippen molar-refractivity contribution in [3.63, 3.8) is 0 Å². The highest BCUT2D eigenvalue weighted by Crippen LogP contribution is 2.12. The molecule has 0 spiro atoms. The fourth-order valence-electron chi connectivity index (χ4n) is 2.24. The lowest BCUT2D eigenvalue weighted by Gasteiger charge is -2.14. The van der Waals surface area contributed by atoms with Crippen LogP contribution in [-0.2, 0) is 0 Å². The van der Waals surface area contributed by atoms with Crippen molar-refractivity contribution in [1.82, 2.24) is 14.6 Å². The third kappa shape index (κ3) is 3.67. The predicted molar refractivity (Wildman–Crippen MR) is 76.3 cm³/mol. The molecule has 2 heterocycles. The number of fused-ring (bicyclic) bond motifs is 1. The van der Waals surface area contributed by atoms with Crippen LogP contribution in [0.2, 0.25) is 0 Å². The summed E-state index contributed by atoms with van der Waals surface area (Å²) in [5, 5.41) is 16.7. The molecule has 2 aromatic rings. The molecule has 2 rings (SSSR count). The molecular weight excluding hydrogens is 240 g/mol. The van der Waals surface area contributed by atoms with Crippen molar-refractivity contribution in [1.29, 1.82) is 0 Å². The van der Waals surface area contributed by atoms with E-state index in [1.165, 1.54) is 0 Å². The molecule has 0 amide bonds. The van der Waals surface area contributed by atoms with Crippen molar-refractivity contribution in [2.45, 2.75) is 33.1 Å². The summed E-state index contributed by atoms with van der Waals surface area (Å²) in [7, 11) is 0. The fourth-order valence-corrected chi connectivity index (χ4v) is 2.24. The molecule has 0 aliphatic carbocycles. The second-order valence-corrected chi connectivity index (χ2v) is 4.99. The number of pyridine rings is 1. The zero-order chi connectivity index (χ0) is 13.7. The second-order valence-electron chi connectivity index (χ2n) is 4.99. The molecule has 0 saturated heterocycles. The Morgan fingerprint density at radius 2 is 2.21 bits per heavy atom. The maximum absolute atomic E-state index is 9.04. The van der Waals surface area contributed by atoms with Gasteiger partial charge in [0.15, 0.2) is 5.65 Å². The summed E-state index contributed by atoms with van der Waals surface area (Å²) >= 11 is 0. The van der Waals surface area contributed by atoms with E-state index in [2.05, 4.69) is 22.3 Å². The summed E-state index contributed by atoms with van der Waals surface area (Å²) < 4.78 is 1.79. The van der Waals surface area contributed by atoms with Gasteiger partial charge in [0.05, 0.1) is 0 Å². The van der Waals surface area contributed by atoms with Gasteiger partial charge in [-0.3, -0.25) is 0 Å². The van der Waals surface area contributed by atoms with Crippen LogP contribution in [0.3, 0.4) is 0 Å². The number of aryl methyl sites for hydroxylation is 1. The summed E-state index contributed by atoms with van der Waals surface area (Å²) in [4.78, 5) is 4.42. The molecule has 19 heavy (non-hydrogen) atoms. The van der Waals surface area contributed by atoms with Gasteiger partial charge < -0.3 is 10.4 Å². The smallest absolute Gasteiger partial charge is 0.243 e. The van der Waals surface area contributed by atoms with Crippen LogP contribution in [-0.4, -0.2) is 32.9 Å². The molecule has 0 aromatic carbocycles. The molecule has 2 N–H and O–H groups in total. The summed E-state index contributed by atoms with van der Waals surface area (Å²) in [6, 6.07) is 3.99. The number of rotatable bonds is 7. The Morgan fingerprint density at radius 1 is 1.37 bits per heavy atom. The van der Waals surface area contributed by atoms with E-state index in [1.807, 2.05) is 25.3 Å². The Labute approximate surface area is 113 Å². The van der Waals surface area contributed by atoms with Gasteiger partial charge >= 0.3 is 0 Å². The number of nitrogens with zero attached hydrogens (tertiary/aromatic N) is 3. The first-order valence-electron chi connectivity index (χ1n) is 6.90. The molecule has 0 aliphatic rings. The van der Waals surface area contributed by atoms with E-state index in [0.717, 1.165) is 37.0 Å². The Morgan fingerprint density at radius 3 is 2.95 bits per heavy atom. The van der Waals surface area contributed by atoms with Gasteiger partial charge in [0.25, 0.3) is 0 Å². The van der Waals surface area contributed by atoms with Gasteiger partial charge in [0.2, 0.25) is 5.95 Å². The van der Waals surface area contributed by atoms with Gasteiger partial charge in [-0.2, -0.15) is 4.98 Å². The van der Waals surface area contributed by atoms with Crippen molar-refractivity contribution in [3.05, 3.63) is 23.9 Å². The van der Waals surface area contributed by atoms with Crippen LogP contribution in [0.1, 0.15) is 31.7 Å². The van der Waals surface area contributed by atoms with Gasteiger partial charge in [-0.05, 0) is 37.3 Å². The lowest BCUT2D eigenvalue weighted by Crippen LogP contribution is -2.16. The number of aliphatic hydroxyl groups excluding tert-OH is 1. The number of anilines is 1. The molecule has 1 unspecified atom stereocenters. The van der Waals surface area contributed by atoms with Gasteiger partial charge in [-0.15, -0.1) is 5.10 Å². The van der Waals surface area contributed by atoms with E-state index in [4.69, 9.17) is 5.11 Å². The molecule has 0 aliphatic heterocycles. The molecule has 0 radical (unpaired) electrons. The summed E-state index contributed by atoms with van der Waals surface area (Å²) in [5.74, 6) is 1.13. The molecule has 0 saturated carbocycles. The lowest BCUT2D eigenvalue weighted by molar-refractivity contribution is 0.255. The van der Waals surface area contributed by atoms with Crippen molar-refractivity contribution < 1.29 is 5.11 Å². The standard InChI is InChI=1S/C14H22N4O/c1-3-4-12(7-8-19)9-15-14-16-13-6-5-11(2)10-18(13)17-14/h5-6,10,12,19H,3-4,7-9H2,1-2H3,(H,15,17). The molecule has 2 aromatic heterocycles. The topological polar surface area (TPSA) is 62.5 Å². The minimum absolute atomic E-state index is 0.240. The van der Waals surface area contributed by atoms with Crippen LogP contribution in [0.25, 0.3) is 5.65 Å². The van der Waals surface area contributed by atoms with Crippen molar-refractivity contribution in [2.24, 2.45) is 5.92 Å². The molecule has 104 valence electrons. The van der Waals surface area contributed by atoms with E-state index in [-0.39, 0.29) is 6.61 Å². The van der Waals surface area contributed by atoms with Crippen LogP contribution in [0.15, 0.2) is 18.3 Å². The molecule has 1 atom stereocenters. The van der Waals surface area contributed by atoms with Gasteiger partial charge in [-0.1, -0.05) is 19.4 Å². The van der Waals surface area contributed by atoms with E-state index in [0.29, 0.717) is 11.9 Å². The van der Waals surface area contributed by atoms with Crippen LogP contribution >= 0.6 is 0 Å². The average molecular weight is 262 g/mol. The number of nitrogens with one attached hydrogen (secondary N) is 1. The fraction of sp³-hybridized carbons (Fsp3) is 0.571. The van der Waals surface area contributed by atoms with Crippen LogP contribution in [0.5, 0.6) is 0 Å². The van der Waals surface area contributed by atoms with E-state index < -0.39 is 0 Å². The third-order valence-electron chi connectivity index (χ3n) is 3.26. The van der Waals surface area contributed by atoms with Crippen molar-refractivity contribution in [2.75, 3.05) is 18.5 Å². The quantitative estimate of drug-likeness (QED) is 0.803. The zero-order valence-corrected chi connectivity index (χ0v) is 11.6. The first kappa shape index (κ1) is 13.8. The summed E-state index contributed by atoms with van der Waals surface area (Å²) in [5.41, 5.74) is 2.01. The van der Waals surface area contributed by atoms with Crippen molar-refractivity contribution >= 4 is 11.6 Å². The molecule has 0 fully saturated rings. The molecule has 0 bridgehead atoms. The monoisotopic (exact) mass is 262 g/mol. The minimum Gasteiger partial charge on any atom is -0.396 e. The number of aromatic nitrogens is 3. The Hall–Kier alpha value is -1.62. The largest absolute Gasteiger partial charge is 0.396 e. The van der Waals surface area contributed by atoms with Crippen molar-refractivity contribution in [3.8, 4) is 0 Å². The average Bonchev–Trinajstić information content (AvgIpc) is 2.78. The van der Waals surface area contributed by atoms with Crippen LogP contribution in [0, 0.1) is 12.8 Å². The van der Waals surface area contributed by atoms with E-state index in [1.54, 1.807) is 4.52 Å². The van der Waals surface area contributed by atoms with Gasteiger partial charge in [0, 0.05) is 19.3 Å². The third-order valence-corrected chi connectivity index (χ3v) is 3.26. The Balaban J connectivity index is 2.00. The highest BCUT2D eigenvalue weighted by Gasteiger charge is 2.09. The molecular formula is C14H22N4O. The lowest BCUT2D eigenvalue weighted by atomic mass is 10.0. The highest BCUT2D eigenvalue weighted by molar-refractivity contribution is 5.44. The highest BCUT2D eigenvalue weighted by atomic mass is 16.3. The molecule has 5 heteroatoms. The van der Waals surface area contributed by atoms with Gasteiger partial charge in [-0.25, -0.2) is 4.52 Å². The number of hydrogen-bond acceptors (Lipinski definition) is 4. The van der Waals surface area contributed by atoms with Crippen LogP contribution in [0.4, 0.5) is 5.95 Å². The molecule has 5 nitrogen and oxygen atoms in total. The van der Waals surface area contributed by atoms with E-state index in [9.17, 15) is 0 Å². The first-order chi connectivity index (χ1) is 9.22. The number of hydrogen-bond donors (Lipinski definition) is 2. The second kappa shape index (κ2) is 6.52. The maximum atomic E-state index is 9.04. The first-order valence-corrected chi connectivity index (χ1v) is 6.90. The minimum atomic E-state index is 0.240. The summed E-state index contributed by atoms with van der Waals surface area (Å²) in [6.07, 6.45) is 5.03. The van der Waals surface area contributed by atoms with E-state index >= 15 is 0 Å². The zero-order valence-electron chi connectivity index (χ0n) is 11.6. The SMILES string of the molecule is CCCC(CCO)CNc1nc2ccc(C)cn2n1. The Kier molecular flexibility index (Phi) is 4.74. The Bertz CT molecular complexity index is 517. The number of aliphatic hydroxyl groups is 1. The predicted octanol–water partition coefficient (Wildman–Crippen LogP) is 2.25. The van der Waals surface area contributed by atoms with Gasteiger partial charge in [0.1, 0.15) is 0 Å². The maximum Gasteiger partial charge on any atom is 0.243 e. The normalized spacial score (nSPS) is 12.8.